The molecule has 1 heterocycles. The number of hydrogen-bond acceptors (Lipinski definition) is 11. The molecule has 0 unspecified atom stereocenters. The van der Waals surface area contributed by atoms with Crippen LogP contribution in [-0.4, -0.2) is 87.3 Å². The number of phenolic OH excluding ortho intramolecular Hbond substituents is 1. The van der Waals surface area contributed by atoms with E-state index < -0.39 is 60.7 Å². The van der Waals surface area contributed by atoms with E-state index in [1.54, 1.807) is 24.3 Å². The van der Waals surface area contributed by atoms with Crippen LogP contribution in [0.15, 0.2) is 36.4 Å². The number of carbonyl (C=O) groups excluding carboxylic acids is 1. The van der Waals surface area contributed by atoms with E-state index in [2.05, 4.69) is 0 Å². The van der Waals surface area contributed by atoms with E-state index >= 15 is 0 Å². The first kappa shape index (κ1) is 28.2. The van der Waals surface area contributed by atoms with Crippen molar-refractivity contribution in [2.75, 3.05) is 20.8 Å². The number of phenols is 1. The molecule has 12 nitrogen and oxygen atoms in total. The number of esters is 1. The van der Waals surface area contributed by atoms with Crippen molar-refractivity contribution in [2.45, 2.75) is 48.8 Å². The van der Waals surface area contributed by atoms with E-state index in [-0.39, 0.29) is 18.1 Å². The molecule has 2 aliphatic rings. The Kier molecular flexibility index (Phi) is 8.02. The number of benzene rings is 2. The zero-order valence-corrected chi connectivity index (χ0v) is 21.2. The van der Waals surface area contributed by atoms with Crippen LogP contribution in [0.25, 0.3) is 6.08 Å². The first-order chi connectivity index (χ1) is 18.5. The summed E-state index contributed by atoms with van der Waals surface area (Å²) >= 11 is 0. The molecule has 0 spiro atoms. The third kappa shape index (κ3) is 5.50. The highest BCUT2D eigenvalue weighted by Crippen LogP contribution is 2.51. The third-order valence-corrected chi connectivity index (χ3v) is 7.00. The fourth-order valence-corrected chi connectivity index (χ4v) is 4.92. The van der Waals surface area contributed by atoms with Crippen LogP contribution in [0.4, 0.5) is 0 Å². The topological polar surface area (TPSA) is 192 Å². The fourth-order valence-electron chi connectivity index (χ4n) is 4.92. The maximum Gasteiger partial charge on any atom is 0.335 e. The number of hydrogen-bond donors (Lipinski definition) is 6. The molecule has 4 rings (SSSR count). The number of methoxy groups -OCH3 is 2. The number of aliphatic hydroxyl groups is 4. The molecule has 6 atom stereocenters. The molecule has 0 saturated heterocycles. The highest BCUT2D eigenvalue weighted by Gasteiger charge is 2.50. The second-order valence-electron chi connectivity index (χ2n) is 9.51. The number of carboxylic acids is 1. The summed E-state index contributed by atoms with van der Waals surface area (Å²) in [6, 6.07) is 8.02. The molecule has 1 aliphatic carbocycles. The van der Waals surface area contributed by atoms with Gasteiger partial charge in [0.15, 0.2) is 28.6 Å². The van der Waals surface area contributed by atoms with Crippen LogP contribution in [0.2, 0.25) is 0 Å². The molecule has 0 aromatic heterocycles. The average Bonchev–Trinajstić information content (AvgIpc) is 3.28. The molecule has 12 heteroatoms. The van der Waals surface area contributed by atoms with Crippen LogP contribution < -0.4 is 14.2 Å². The summed E-state index contributed by atoms with van der Waals surface area (Å²) in [5.74, 6) is -2.11. The van der Waals surface area contributed by atoms with Gasteiger partial charge in [0.2, 0.25) is 0 Å². The highest BCUT2D eigenvalue weighted by atomic mass is 16.6. The van der Waals surface area contributed by atoms with Crippen molar-refractivity contribution in [1.29, 1.82) is 0 Å². The Balaban J connectivity index is 1.55. The number of aliphatic hydroxyl groups excluding tert-OH is 3. The SMILES string of the molecule is COc1cc([C@@H]2Oc3c(OC)cc(C=CC(=O)O[C@H]4C[C@](O)(C(=O)O)C[C@H](O)[C@@H]4O)cc3[C@@H]2CO)ccc1O. The van der Waals surface area contributed by atoms with Crippen LogP contribution in [0, 0.1) is 0 Å². The molecule has 2 aromatic carbocycles. The molecular formula is C27H30O12. The number of carboxylic acid groups (broad SMARTS) is 1. The second-order valence-corrected chi connectivity index (χ2v) is 9.51. The molecule has 0 amide bonds. The minimum absolute atomic E-state index is 0.0444. The summed E-state index contributed by atoms with van der Waals surface area (Å²) in [5.41, 5.74) is -0.603. The largest absolute Gasteiger partial charge is 0.504 e. The van der Waals surface area contributed by atoms with Gasteiger partial charge in [0.25, 0.3) is 0 Å². The maximum absolute atomic E-state index is 12.5. The van der Waals surface area contributed by atoms with E-state index in [0.29, 0.717) is 28.2 Å². The number of aliphatic carboxylic acids is 1. The van der Waals surface area contributed by atoms with Crippen molar-refractivity contribution < 1.29 is 59.2 Å². The third-order valence-electron chi connectivity index (χ3n) is 7.00. The summed E-state index contributed by atoms with van der Waals surface area (Å²) in [6.45, 7) is -0.284. The van der Waals surface area contributed by atoms with Crippen molar-refractivity contribution in [2.24, 2.45) is 0 Å². The van der Waals surface area contributed by atoms with Crippen LogP contribution in [-0.2, 0) is 14.3 Å². The van der Waals surface area contributed by atoms with Crippen LogP contribution >= 0.6 is 0 Å². The minimum Gasteiger partial charge on any atom is -0.504 e. The zero-order chi connectivity index (χ0) is 28.5. The predicted octanol–water partition coefficient (Wildman–Crippen LogP) is 0.875. The molecule has 39 heavy (non-hydrogen) atoms. The minimum atomic E-state index is -2.35. The van der Waals surface area contributed by atoms with Gasteiger partial charge in [0.05, 0.1) is 32.8 Å². The van der Waals surface area contributed by atoms with Crippen molar-refractivity contribution >= 4 is 18.0 Å². The summed E-state index contributed by atoms with van der Waals surface area (Å²) in [5, 5.41) is 59.7. The lowest BCUT2D eigenvalue weighted by Gasteiger charge is -2.39. The Bertz CT molecular complexity index is 1270. The molecule has 1 fully saturated rings. The summed E-state index contributed by atoms with van der Waals surface area (Å²) in [7, 11) is 2.85. The predicted molar refractivity (Wildman–Crippen MR) is 134 cm³/mol. The van der Waals surface area contributed by atoms with Gasteiger partial charge in [-0.3, -0.25) is 0 Å². The second kappa shape index (κ2) is 11.1. The molecule has 0 bridgehead atoms. The first-order valence-electron chi connectivity index (χ1n) is 12.1. The van der Waals surface area contributed by atoms with Gasteiger partial charge in [-0.25, -0.2) is 9.59 Å². The van der Waals surface area contributed by atoms with Crippen LogP contribution in [0.5, 0.6) is 23.0 Å². The van der Waals surface area contributed by atoms with Crippen LogP contribution in [0.1, 0.15) is 41.6 Å². The standard InChI is InChI=1S/C27H30O12/c1-36-19-9-14(4-5-17(19)29)24-16(12-28)15-7-13(8-20(37-2)25(15)39-24)3-6-22(31)38-21-11-27(35,26(33)34)10-18(30)23(21)32/h3-9,16,18,21,23-24,28-30,32,35H,10-12H2,1-2H3,(H,33,34)/t16-,18-,21-,23-,24-,27-/m0/s1. The Morgan fingerprint density at radius 2 is 1.82 bits per heavy atom. The van der Waals surface area contributed by atoms with Crippen molar-refractivity contribution in [3.63, 3.8) is 0 Å². The van der Waals surface area contributed by atoms with Gasteiger partial charge in [-0.15, -0.1) is 0 Å². The van der Waals surface area contributed by atoms with Crippen molar-refractivity contribution in [1.82, 2.24) is 0 Å². The summed E-state index contributed by atoms with van der Waals surface area (Å²) in [4.78, 5) is 23.9. The summed E-state index contributed by atoms with van der Waals surface area (Å²) in [6.07, 6.45) is -3.99. The van der Waals surface area contributed by atoms with Gasteiger partial charge >= 0.3 is 11.9 Å². The molecule has 210 valence electrons. The number of aromatic hydroxyl groups is 1. The van der Waals surface area contributed by atoms with Gasteiger partial charge in [0, 0.05) is 24.5 Å². The number of fused-ring (bicyclic) bond motifs is 1. The lowest BCUT2D eigenvalue weighted by molar-refractivity contribution is -0.196. The van der Waals surface area contributed by atoms with Gasteiger partial charge in [-0.1, -0.05) is 6.07 Å². The van der Waals surface area contributed by atoms with Crippen molar-refractivity contribution in [3.8, 4) is 23.0 Å². The van der Waals surface area contributed by atoms with E-state index in [9.17, 15) is 40.2 Å². The quantitative estimate of drug-likeness (QED) is 0.203. The van der Waals surface area contributed by atoms with Crippen molar-refractivity contribution in [3.05, 3.63) is 53.1 Å². The number of ether oxygens (including phenoxy) is 4. The van der Waals surface area contributed by atoms with E-state index in [1.165, 1.54) is 26.4 Å². The zero-order valence-electron chi connectivity index (χ0n) is 21.2. The Labute approximate surface area is 223 Å². The van der Waals surface area contributed by atoms with E-state index in [4.69, 9.17) is 18.9 Å². The van der Waals surface area contributed by atoms with E-state index in [0.717, 1.165) is 6.08 Å². The monoisotopic (exact) mass is 546 g/mol. The Morgan fingerprint density at radius 1 is 1.10 bits per heavy atom. The maximum atomic E-state index is 12.5. The number of carbonyl (C=O) groups is 2. The molecule has 0 radical (unpaired) electrons. The lowest BCUT2D eigenvalue weighted by atomic mass is 9.79. The Morgan fingerprint density at radius 3 is 2.46 bits per heavy atom. The molecule has 2 aromatic rings. The Hall–Kier alpha value is -3.84. The summed E-state index contributed by atoms with van der Waals surface area (Å²) < 4.78 is 21.9. The molecule has 1 saturated carbocycles. The normalized spacial score (nSPS) is 28.0. The van der Waals surface area contributed by atoms with Crippen LogP contribution in [0.3, 0.4) is 0 Å². The molecular weight excluding hydrogens is 516 g/mol. The smallest absolute Gasteiger partial charge is 0.335 e. The van der Waals surface area contributed by atoms with Gasteiger partial charge in [-0.2, -0.15) is 0 Å². The number of rotatable bonds is 8. The molecule has 1 aliphatic heterocycles. The average molecular weight is 547 g/mol. The fraction of sp³-hybridized carbons (Fsp3) is 0.407. The van der Waals surface area contributed by atoms with E-state index in [1.807, 2.05) is 0 Å². The highest BCUT2D eigenvalue weighted by molar-refractivity contribution is 5.87. The molecule has 6 N–H and O–H groups in total. The van der Waals surface area contributed by atoms with Gasteiger partial charge in [-0.05, 0) is 41.5 Å². The van der Waals surface area contributed by atoms with Gasteiger partial charge in [0.1, 0.15) is 18.3 Å². The van der Waals surface area contributed by atoms with Gasteiger partial charge < -0.3 is 49.6 Å². The first-order valence-corrected chi connectivity index (χ1v) is 12.1. The lowest BCUT2D eigenvalue weighted by Crippen LogP contribution is -2.57.